The van der Waals surface area contributed by atoms with E-state index < -0.39 is 16.9 Å². The lowest BCUT2D eigenvalue weighted by Gasteiger charge is -2.47. The lowest BCUT2D eigenvalue weighted by Crippen LogP contribution is -2.53. The number of ketones is 1. The molecule has 0 spiro atoms. The molecule has 1 fully saturated rings. The molecule has 1 saturated carbocycles. The minimum atomic E-state index is -0.730. The Morgan fingerprint density at radius 2 is 1.38 bits per heavy atom. The van der Waals surface area contributed by atoms with E-state index in [0.717, 1.165) is 11.1 Å². The highest BCUT2D eigenvalue weighted by atomic mass is 16.5. The SMILES string of the molecule is O=C1C[C@@H](O)[C@]2(COCc3ccccc3)CC=CC[C@]12COCc1ccccc1. The fourth-order valence-corrected chi connectivity index (χ4v) is 4.81. The monoisotopic (exact) mass is 392 g/mol. The summed E-state index contributed by atoms with van der Waals surface area (Å²) >= 11 is 0. The van der Waals surface area contributed by atoms with Crippen molar-refractivity contribution in [2.75, 3.05) is 13.2 Å². The predicted octanol–water partition coefficient (Wildman–Crippen LogP) is 4.08. The van der Waals surface area contributed by atoms with E-state index in [-0.39, 0.29) is 12.2 Å². The second kappa shape index (κ2) is 8.62. The van der Waals surface area contributed by atoms with E-state index in [1.807, 2.05) is 60.7 Å². The first kappa shape index (κ1) is 20.0. The Hall–Kier alpha value is -2.27. The predicted molar refractivity (Wildman–Crippen MR) is 111 cm³/mol. The van der Waals surface area contributed by atoms with Crippen LogP contribution in [0.3, 0.4) is 0 Å². The van der Waals surface area contributed by atoms with Crippen LogP contribution in [0.25, 0.3) is 0 Å². The number of aliphatic hydroxyl groups is 1. The number of rotatable bonds is 8. The van der Waals surface area contributed by atoms with E-state index in [4.69, 9.17) is 9.47 Å². The van der Waals surface area contributed by atoms with Gasteiger partial charge in [-0.3, -0.25) is 4.79 Å². The Kier molecular flexibility index (Phi) is 5.95. The molecule has 4 rings (SSSR count). The molecular weight excluding hydrogens is 364 g/mol. The summed E-state index contributed by atoms with van der Waals surface area (Å²) in [6.07, 6.45) is 4.80. The topological polar surface area (TPSA) is 55.8 Å². The summed E-state index contributed by atoms with van der Waals surface area (Å²) in [6, 6.07) is 19.9. The van der Waals surface area contributed by atoms with Gasteiger partial charge in [0, 0.05) is 11.8 Å². The summed E-state index contributed by atoms with van der Waals surface area (Å²) in [5, 5.41) is 10.9. The van der Waals surface area contributed by atoms with Gasteiger partial charge in [-0.1, -0.05) is 72.8 Å². The van der Waals surface area contributed by atoms with E-state index in [9.17, 15) is 9.90 Å². The van der Waals surface area contributed by atoms with Crippen molar-refractivity contribution in [3.05, 3.63) is 83.9 Å². The van der Waals surface area contributed by atoms with Crippen LogP contribution in [-0.4, -0.2) is 30.2 Å². The van der Waals surface area contributed by atoms with Crippen LogP contribution in [0, 0.1) is 10.8 Å². The zero-order chi connectivity index (χ0) is 20.2. The van der Waals surface area contributed by atoms with Crippen molar-refractivity contribution in [1.29, 1.82) is 0 Å². The van der Waals surface area contributed by atoms with Gasteiger partial charge in [0.25, 0.3) is 0 Å². The molecule has 2 aliphatic rings. The molecular formula is C25H28O4. The molecule has 0 bridgehead atoms. The number of Topliss-reactive ketones (excluding diaryl/α,β-unsaturated/α-hetero) is 1. The van der Waals surface area contributed by atoms with Crippen LogP contribution in [-0.2, 0) is 27.5 Å². The van der Waals surface area contributed by atoms with Crippen molar-refractivity contribution in [3.8, 4) is 0 Å². The van der Waals surface area contributed by atoms with Crippen molar-refractivity contribution in [1.82, 2.24) is 0 Å². The Morgan fingerprint density at radius 3 is 2.00 bits per heavy atom. The van der Waals surface area contributed by atoms with Gasteiger partial charge in [0.2, 0.25) is 0 Å². The summed E-state index contributed by atoms with van der Waals surface area (Å²) in [6.45, 7) is 1.56. The van der Waals surface area contributed by atoms with Crippen molar-refractivity contribution >= 4 is 5.78 Å². The van der Waals surface area contributed by atoms with E-state index >= 15 is 0 Å². The van der Waals surface area contributed by atoms with Crippen LogP contribution >= 0.6 is 0 Å². The first-order valence-corrected chi connectivity index (χ1v) is 10.3. The number of carbonyl (C=O) groups is 1. The Bertz CT molecular complexity index is 848. The first-order valence-electron chi connectivity index (χ1n) is 10.3. The Morgan fingerprint density at radius 1 is 0.828 bits per heavy atom. The summed E-state index contributed by atoms with van der Waals surface area (Å²) in [4.78, 5) is 13.1. The standard InChI is InChI=1S/C25H28O4/c26-22-15-23(27)25(19-29-17-21-11-5-2-6-12-21)14-8-7-13-24(22,25)18-28-16-20-9-3-1-4-10-20/h1-12,22,26H,13-19H2/t22-,24-,25+/m1/s1. The fourth-order valence-electron chi connectivity index (χ4n) is 4.81. The molecule has 0 heterocycles. The lowest BCUT2D eigenvalue weighted by molar-refractivity contribution is -0.149. The van der Waals surface area contributed by atoms with E-state index in [2.05, 4.69) is 12.2 Å². The van der Waals surface area contributed by atoms with Crippen molar-refractivity contribution in [2.45, 2.75) is 38.6 Å². The lowest BCUT2D eigenvalue weighted by atomic mass is 9.59. The summed E-state index contributed by atoms with van der Waals surface area (Å²) < 4.78 is 12.1. The number of carbonyl (C=O) groups excluding carboxylic acids is 1. The minimum absolute atomic E-state index is 0.0886. The highest BCUT2D eigenvalue weighted by molar-refractivity contribution is 5.90. The van der Waals surface area contributed by atoms with Gasteiger partial charge in [-0.15, -0.1) is 0 Å². The third-order valence-electron chi connectivity index (χ3n) is 6.55. The molecule has 0 aliphatic heterocycles. The molecule has 0 saturated heterocycles. The quantitative estimate of drug-likeness (QED) is 0.688. The number of hydrogen-bond acceptors (Lipinski definition) is 4. The normalized spacial score (nSPS) is 28.4. The Balaban J connectivity index is 1.50. The zero-order valence-electron chi connectivity index (χ0n) is 16.6. The van der Waals surface area contributed by atoms with Gasteiger partial charge in [0.1, 0.15) is 5.78 Å². The highest BCUT2D eigenvalue weighted by Gasteiger charge is 2.64. The molecule has 152 valence electrons. The molecule has 0 radical (unpaired) electrons. The maximum Gasteiger partial charge on any atom is 0.145 e. The number of benzene rings is 2. The molecule has 4 nitrogen and oxygen atoms in total. The minimum Gasteiger partial charge on any atom is -0.392 e. The van der Waals surface area contributed by atoms with Gasteiger partial charge in [-0.05, 0) is 24.0 Å². The summed E-state index contributed by atoms with van der Waals surface area (Å²) in [7, 11) is 0. The second-order valence-corrected chi connectivity index (χ2v) is 8.22. The summed E-state index contributed by atoms with van der Waals surface area (Å²) in [5.74, 6) is 0.0886. The average molecular weight is 392 g/mol. The third-order valence-corrected chi connectivity index (χ3v) is 6.55. The first-order chi connectivity index (χ1) is 14.2. The van der Waals surface area contributed by atoms with Crippen molar-refractivity contribution in [2.24, 2.45) is 10.8 Å². The molecule has 0 aromatic heterocycles. The van der Waals surface area contributed by atoms with Crippen molar-refractivity contribution in [3.63, 3.8) is 0 Å². The van der Waals surface area contributed by atoms with E-state index in [0.29, 0.717) is 39.3 Å². The molecule has 2 aromatic rings. The largest absolute Gasteiger partial charge is 0.392 e. The van der Waals surface area contributed by atoms with E-state index in [1.54, 1.807) is 0 Å². The van der Waals surface area contributed by atoms with Crippen LogP contribution in [0.4, 0.5) is 0 Å². The molecule has 4 heteroatoms. The number of ether oxygens (including phenoxy) is 2. The van der Waals surface area contributed by atoms with Crippen LogP contribution in [0.2, 0.25) is 0 Å². The number of fused-ring (bicyclic) bond motifs is 1. The zero-order valence-corrected chi connectivity index (χ0v) is 16.6. The highest BCUT2D eigenvalue weighted by Crippen LogP contribution is 2.57. The molecule has 29 heavy (non-hydrogen) atoms. The fraction of sp³-hybridized carbons (Fsp3) is 0.400. The second-order valence-electron chi connectivity index (χ2n) is 8.22. The van der Waals surface area contributed by atoms with E-state index in [1.165, 1.54) is 0 Å². The third kappa shape index (κ3) is 3.80. The molecule has 0 amide bonds. The number of hydrogen-bond donors (Lipinski definition) is 1. The molecule has 1 N–H and O–H groups in total. The number of aliphatic hydroxyl groups excluding tert-OH is 1. The van der Waals surface area contributed by atoms with Gasteiger partial charge in [-0.25, -0.2) is 0 Å². The van der Waals surface area contributed by atoms with Crippen molar-refractivity contribution < 1.29 is 19.4 Å². The maximum absolute atomic E-state index is 13.1. The molecule has 2 aliphatic carbocycles. The van der Waals surface area contributed by atoms with Crippen LogP contribution in [0.1, 0.15) is 30.4 Å². The Labute approximate surface area is 172 Å². The molecule has 0 unspecified atom stereocenters. The maximum atomic E-state index is 13.1. The van der Waals surface area contributed by atoms with Gasteiger partial charge in [-0.2, -0.15) is 0 Å². The van der Waals surface area contributed by atoms with Gasteiger partial charge < -0.3 is 14.6 Å². The molecule has 2 aromatic carbocycles. The van der Waals surface area contributed by atoms with Gasteiger partial charge in [0.15, 0.2) is 0 Å². The number of allylic oxidation sites excluding steroid dienone is 2. The van der Waals surface area contributed by atoms with Gasteiger partial charge >= 0.3 is 0 Å². The smallest absolute Gasteiger partial charge is 0.145 e. The summed E-state index contributed by atoms with van der Waals surface area (Å²) in [5.41, 5.74) is 0.795. The molecule has 3 atom stereocenters. The average Bonchev–Trinajstić information content (AvgIpc) is 2.97. The van der Waals surface area contributed by atoms with Gasteiger partial charge in [0.05, 0.1) is 37.9 Å². The van der Waals surface area contributed by atoms with Crippen LogP contribution in [0.15, 0.2) is 72.8 Å². The van der Waals surface area contributed by atoms with Crippen LogP contribution in [0.5, 0.6) is 0 Å². The van der Waals surface area contributed by atoms with Crippen LogP contribution < -0.4 is 0 Å².